The van der Waals surface area contributed by atoms with Crippen LogP contribution in [-0.2, 0) is 9.84 Å². The second-order valence-electron chi connectivity index (χ2n) is 4.63. The van der Waals surface area contributed by atoms with E-state index in [4.69, 9.17) is 29.0 Å². The zero-order valence-corrected chi connectivity index (χ0v) is 13.7. The van der Waals surface area contributed by atoms with Crippen molar-refractivity contribution in [3.05, 3.63) is 17.7 Å². The molecule has 140 valence electrons. The van der Waals surface area contributed by atoms with E-state index in [9.17, 15) is 13.2 Å². The van der Waals surface area contributed by atoms with Gasteiger partial charge < -0.3 is 15.8 Å². The molecule has 1 unspecified atom stereocenters. The molecule has 3 N–H and O–H groups in total. The number of likely N-dealkylation sites (tertiary alicyclic amines) is 1. The Bertz CT molecular complexity index is 1360. The third-order valence-corrected chi connectivity index (χ3v) is 4.34. The van der Waals surface area contributed by atoms with E-state index >= 15 is 0 Å². The Hall–Kier alpha value is -1.80. The first-order chi connectivity index (χ1) is 18.3. The summed E-state index contributed by atoms with van der Waals surface area (Å²) in [6.07, 6.45) is -7.21. The van der Waals surface area contributed by atoms with E-state index < -0.39 is 95.5 Å². The van der Waals surface area contributed by atoms with E-state index in [1.54, 1.807) is 0 Å². The van der Waals surface area contributed by atoms with E-state index in [2.05, 4.69) is 4.74 Å². The Kier molecular flexibility index (Phi) is 2.17. The van der Waals surface area contributed by atoms with Gasteiger partial charge in [0.2, 0.25) is 0 Å². The lowest BCUT2D eigenvalue weighted by Gasteiger charge is -2.23. The Morgan fingerprint density at radius 2 is 2.44 bits per heavy atom. The average Bonchev–Trinajstić information content (AvgIpc) is 2.83. The van der Waals surface area contributed by atoms with Crippen LogP contribution in [0.3, 0.4) is 0 Å². The zero-order valence-electron chi connectivity index (χ0n) is 29.9. The Balaban J connectivity index is 2.82. The molecule has 1 amide bonds. The molecule has 0 spiro atoms. The maximum absolute atomic E-state index is 13.4. The summed E-state index contributed by atoms with van der Waals surface area (Å²) >= 11 is 0. The van der Waals surface area contributed by atoms with Crippen LogP contribution >= 0.6 is 0 Å². The maximum Gasteiger partial charge on any atom is 0.255 e. The second-order valence-corrected chi connectivity index (χ2v) is 6.28. The quantitative estimate of drug-likeness (QED) is 0.685. The summed E-state index contributed by atoms with van der Waals surface area (Å²) in [4.78, 5) is 12.2. The third kappa shape index (κ3) is 4.24. The van der Waals surface area contributed by atoms with Gasteiger partial charge in [0.1, 0.15) is 5.75 Å². The first kappa shape index (κ1) is 6.74. The van der Waals surface area contributed by atoms with Crippen LogP contribution in [-0.4, -0.2) is 57.5 Å². The minimum atomic E-state index is -5.61. The number of carbonyl (C=O) groups is 1. The molecule has 0 aromatic heterocycles. The molecule has 25 heavy (non-hydrogen) atoms. The SMILES string of the molecule is [2H]C([2H])([2H])Oc1cc(N)c(S(=O)(=O)C([2H])([2H])C([2H])([2H])[2H])cc1C(=O)NC([2H])([2H])C1([2H])N(CC)C([2H])([2H])C([2H])([2H])C1([2H])[2H]. The van der Waals surface area contributed by atoms with Crippen molar-refractivity contribution in [1.82, 2.24) is 10.2 Å². The molecule has 1 atom stereocenters. The molecule has 0 radical (unpaired) electrons. The molecule has 0 bridgehead atoms. The number of nitrogens with zero attached hydrogens (tertiary/aromatic N) is 1. The number of likely N-dealkylation sites (N-methyl/N-ethyl adjacent to an activating group) is 1. The highest BCUT2D eigenvalue weighted by molar-refractivity contribution is 7.91. The number of carbonyl (C=O) groups excluding carboxylic acids is 1. The van der Waals surface area contributed by atoms with E-state index in [0.29, 0.717) is 6.07 Å². The summed E-state index contributed by atoms with van der Waals surface area (Å²) in [5.41, 5.74) is -0.523. The number of nitrogens with two attached hydrogens (primary N) is 1. The normalized spacial score (nSPS) is 39.5. The number of ether oxygens (including phenoxy) is 1. The number of sulfone groups is 1. The van der Waals surface area contributed by atoms with Crippen LogP contribution in [0.25, 0.3) is 0 Å². The van der Waals surface area contributed by atoms with Gasteiger partial charge in [0.05, 0.1) is 35.7 Å². The van der Waals surface area contributed by atoms with Crippen LogP contribution in [0, 0.1) is 0 Å². The molecular weight excluding hydrogens is 342 g/mol. The number of rotatable bonds is 7. The van der Waals surface area contributed by atoms with Gasteiger partial charge in [-0.25, -0.2) is 8.42 Å². The van der Waals surface area contributed by atoms with Gasteiger partial charge in [-0.1, -0.05) is 13.8 Å². The largest absolute Gasteiger partial charge is 0.496 e. The van der Waals surface area contributed by atoms with Gasteiger partial charge in [0, 0.05) is 35.0 Å². The standard InChI is InChI=1S/C17H27N3O4S/c1-4-20-8-6-7-12(20)11-19-17(21)13-9-16(25(22,23)5-2)14(18)10-15(13)24-3/h9-10,12H,4-8,11,18H2,1-3H3,(H,19,21)/i2D3,3D3,5D2,6D2,7D2,8D2,11D2,12D. The van der Waals surface area contributed by atoms with Gasteiger partial charge >= 0.3 is 0 Å². The van der Waals surface area contributed by atoms with Crippen molar-refractivity contribution >= 4 is 21.4 Å². The molecule has 1 aliphatic heterocycles. The fourth-order valence-electron chi connectivity index (χ4n) is 1.92. The lowest BCUT2D eigenvalue weighted by molar-refractivity contribution is 0.0938. The number of methoxy groups -OCH3 is 1. The predicted molar refractivity (Wildman–Crippen MR) is 97.7 cm³/mol. The van der Waals surface area contributed by atoms with Crippen molar-refractivity contribution in [2.75, 3.05) is 38.0 Å². The van der Waals surface area contributed by atoms with Gasteiger partial charge in [-0.2, -0.15) is 0 Å². The molecule has 1 aromatic carbocycles. The summed E-state index contributed by atoms with van der Waals surface area (Å²) in [5.74, 6) is -2.86. The second kappa shape index (κ2) is 8.05. The van der Waals surface area contributed by atoms with Gasteiger partial charge in [0.25, 0.3) is 5.91 Å². The first-order valence-electron chi connectivity index (χ1n) is 15.3. The van der Waals surface area contributed by atoms with Crippen molar-refractivity contribution in [3.63, 3.8) is 0 Å². The van der Waals surface area contributed by atoms with E-state index in [1.807, 2.05) is 0 Å². The number of amides is 1. The molecule has 2 rings (SSSR count). The fourth-order valence-corrected chi connectivity index (χ4v) is 2.67. The van der Waals surface area contributed by atoms with E-state index in [1.165, 1.54) is 5.32 Å². The molecule has 1 fully saturated rings. The highest BCUT2D eigenvalue weighted by Gasteiger charge is 2.25. The first-order valence-corrected chi connectivity index (χ1v) is 8.25. The molecule has 0 saturated carbocycles. The highest BCUT2D eigenvalue weighted by atomic mass is 32.2. The molecule has 7 nitrogen and oxygen atoms in total. The van der Waals surface area contributed by atoms with E-state index in [-0.39, 0.29) is 11.0 Å². The third-order valence-electron chi connectivity index (χ3n) is 3.14. The number of hydrogen-bond acceptors (Lipinski definition) is 6. The molecule has 1 heterocycles. The van der Waals surface area contributed by atoms with E-state index in [0.717, 1.165) is 6.92 Å². The van der Waals surface area contributed by atoms with Crippen LogP contribution < -0.4 is 15.8 Å². The van der Waals surface area contributed by atoms with Crippen LogP contribution in [0.2, 0.25) is 0 Å². The van der Waals surface area contributed by atoms with Gasteiger partial charge in [-0.15, -0.1) is 0 Å². The Morgan fingerprint density at radius 1 is 1.64 bits per heavy atom. The smallest absolute Gasteiger partial charge is 0.255 e. The molecule has 0 aliphatic carbocycles. The van der Waals surface area contributed by atoms with Crippen molar-refractivity contribution in [1.29, 1.82) is 0 Å². The van der Waals surface area contributed by atoms with Gasteiger partial charge in [-0.05, 0) is 31.9 Å². The van der Waals surface area contributed by atoms with Crippen LogP contribution in [0.15, 0.2) is 17.0 Å². The number of benzene rings is 1. The number of nitrogen functional groups attached to an aromatic ring is 1. The lowest BCUT2D eigenvalue weighted by Crippen LogP contribution is -2.40. The highest BCUT2D eigenvalue weighted by Crippen LogP contribution is 2.29. The molecule has 1 saturated heterocycles. The van der Waals surface area contributed by atoms with Crippen LogP contribution in [0.4, 0.5) is 5.69 Å². The van der Waals surface area contributed by atoms with Crippen molar-refractivity contribution in [2.24, 2.45) is 0 Å². The average molecular weight is 387 g/mol. The summed E-state index contributed by atoms with van der Waals surface area (Å²) in [6, 6.07) is -2.93. The molecule has 8 heteroatoms. The monoisotopic (exact) mass is 386 g/mol. The Labute approximate surface area is 173 Å². The number of hydrogen-bond donors (Lipinski definition) is 2. The molecule has 1 aliphatic rings. The predicted octanol–water partition coefficient (Wildman–Crippen LogP) is 1.29. The number of nitrogens with one attached hydrogen (secondary N) is 1. The van der Waals surface area contributed by atoms with Gasteiger partial charge in [0.15, 0.2) is 9.84 Å². The molecular formula is C17H27N3O4S. The number of anilines is 1. The summed E-state index contributed by atoms with van der Waals surface area (Å²) in [6.45, 7) is -10.3. The minimum Gasteiger partial charge on any atom is -0.496 e. The van der Waals surface area contributed by atoms with Crippen LogP contribution in [0.5, 0.6) is 5.75 Å². The van der Waals surface area contributed by atoms with Crippen molar-refractivity contribution in [3.8, 4) is 5.75 Å². The van der Waals surface area contributed by atoms with Crippen molar-refractivity contribution in [2.45, 2.75) is 37.4 Å². The fraction of sp³-hybridized carbons (Fsp3) is 0.588. The lowest BCUT2D eigenvalue weighted by atomic mass is 10.1. The Morgan fingerprint density at radius 3 is 3.12 bits per heavy atom. The summed E-state index contributed by atoms with van der Waals surface area (Å²) < 4.78 is 164. The van der Waals surface area contributed by atoms with Gasteiger partial charge in [-0.3, -0.25) is 9.69 Å². The van der Waals surface area contributed by atoms with Crippen LogP contribution in [0.1, 0.15) is 60.2 Å². The zero-order chi connectivity index (χ0) is 33.5. The topological polar surface area (TPSA) is 102 Å². The summed E-state index contributed by atoms with van der Waals surface area (Å²) in [7, 11) is -8.95. The molecule has 1 aromatic rings. The maximum atomic E-state index is 13.4. The minimum absolute atomic E-state index is 0.184. The summed E-state index contributed by atoms with van der Waals surface area (Å²) in [5, 5.41) is 1.53. The van der Waals surface area contributed by atoms with Crippen molar-refractivity contribution < 1.29 is 41.3 Å².